The zero-order valence-electron chi connectivity index (χ0n) is 11.8. The van der Waals surface area contributed by atoms with Crippen LogP contribution < -0.4 is 15.2 Å². The first-order valence-corrected chi connectivity index (χ1v) is 7.09. The molecule has 1 aromatic carbocycles. The molecule has 0 amide bonds. The maximum atomic E-state index is 14.2. The number of hydrogen-bond acceptors (Lipinski definition) is 4. The molecule has 0 saturated heterocycles. The lowest BCUT2D eigenvalue weighted by atomic mass is 9.86. The van der Waals surface area contributed by atoms with Crippen LogP contribution in [0.15, 0.2) is 12.1 Å². The predicted molar refractivity (Wildman–Crippen MR) is 74.7 cm³/mol. The Morgan fingerprint density at radius 2 is 1.95 bits per heavy atom. The van der Waals surface area contributed by atoms with Crippen LogP contribution in [0, 0.1) is 11.7 Å². The maximum absolute atomic E-state index is 14.2. The summed E-state index contributed by atoms with van der Waals surface area (Å²) in [4.78, 5) is 0. The van der Waals surface area contributed by atoms with Gasteiger partial charge in [0.15, 0.2) is 11.5 Å². The summed E-state index contributed by atoms with van der Waals surface area (Å²) in [6.07, 6.45) is 1.45. The van der Waals surface area contributed by atoms with Crippen LogP contribution in [0.2, 0.25) is 0 Å². The van der Waals surface area contributed by atoms with Gasteiger partial charge >= 0.3 is 0 Å². The van der Waals surface area contributed by atoms with Crippen molar-refractivity contribution < 1.29 is 19.0 Å². The van der Waals surface area contributed by atoms with Gasteiger partial charge in [-0.2, -0.15) is 0 Å². The van der Waals surface area contributed by atoms with Crippen LogP contribution in [-0.2, 0) is 0 Å². The van der Waals surface area contributed by atoms with Gasteiger partial charge in [-0.05, 0) is 42.9 Å². The van der Waals surface area contributed by atoms with E-state index in [4.69, 9.17) is 15.2 Å². The van der Waals surface area contributed by atoms with Gasteiger partial charge in [0, 0.05) is 12.7 Å². The van der Waals surface area contributed by atoms with E-state index in [-0.39, 0.29) is 24.3 Å². The van der Waals surface area contributed by atoms with E-state index in [0.29, 0.717) is 43.2 Å². The average Bonchev–Trinajstić information content (AvgIpc) is 2.48. The molecular formula is C15H22FNO3. The third-order valence-electron chi connectivity index (χ3n) is 3.80. The summed E-state index contributed by atoms with van der Waals surface area (Å²) >= 11 is 0. The third kappa shape index (κ3) is 3.22. The Labute approximate surface area is 118 Å². The molecular weight excluding hydrogens is 261 g/mol. The number of rotatable bonds is 6. The summed E-state index contributed by atoms with van der Waals surface area (Å²) in [7, 11) is 0. The molecule has 0 fully saturated rings. The summed E-state index contributed by atoms with van der Waals surface area (Å²) in [6, 6.07) is 3.12. The van der Waals surface area contributed by atoms with E-state index >= 15 is 0 Å². The first-order chi connectivity index (χ1) is 9.69. The van der Waals surface area contributed by atoms with Gasteiger partial charge in [-0.3, -0.25) is 0 Å². The fraction of sp³-hybridized carbons (Fsp3) is 0.600. The number of aliphatic hydroxyl groups is 1. The molecule has 112 valence electrons. The predicted octanol–water partition coefficient (Wildman–Crippen LogP) is 2.05. The second-order valence-corrected chi connectivity index (χ2v) is 5.14. The molecule has 20 heavy (non-hydrogen) atoms. The molecule has 2 rings (SSSR count). The molecule has 2 atom stereocenters. The zero-order valence-corrected chi connectivity index (χ0v) is 11.8. The van der Waals surface area contributed by atoms with Crippen LogP contribution in [-0.4, -0.2) is 31.5 Å². The van der Waals surface area contributed by atoms with Gasteiger partial charge in [0.05, 0.1) is 0 Å². The molecule has 1 aliphatic heterocycles. The highest BCUT2D eigenvalue weighted by Crippen LogP contribution is 2.37. The van der Waals surface area contributed by atoms with Crippen molar-refractivity contribution in [2.45, 2.75) is 25.7 Å². The molecule has 1 heterocycles. The van der Waals surface area contributed by atoms with E-state index < -0.39 is 0 Å². The number of aliphatic hydroxyl groups excluding tert-OH is 1. The SMILES string of the molecule is CCC(CC(CN)CO)c1cc2c(cc1F)OCCO2. The Balaban J connectivity index is 2.24. The van der Waals surface area contributed by atoms with Crippen LogP contribution in [0.4, 0.5) is 4.39 Å². The molecule has 1 aromatic rings. The van der Waals surface area contributed by atoms with E-state index in [1.165, 1.54) is 6.07 Å². The molecule has 2 unspecified atom stereocenters. The second kappa shape index (κ2) is 6.90. The number of nitrogens with two attached hydrogens (primary N) is 1. The number of halogens is 1. The summed E-state index contributed by atoms with van der Waals surface area (Å²) in [5, 5.41) is 9.26. The Kier molecular flexibility index (Phi) is 5.20. The Hall–Kier alpha value is -1.33. The fourth-order valence-electron chi connectivity index (χ4n) is 2.55. The van der Waals surface area contributed by atoms with Gasteiger partial charge in [-0.25, -0.2) is 4.39 Å². The number of fused-ring (bicyclic) bond motifs is 1. The molecule has 0 saturated carbocycles. The molecule has 0 aliphatic carbocycles. The molecule has 4 nitrogen and oxygen atoms in total. The zero-order chi connectivity index (χ0) is 14.5. The summed E-state index contributed by atoms with van der Waals surface area (Å²) in [5.41, 5.74) is 6.23. The van der Waals surface area contributed by atoms with E-state index in [9.17, 15) is 9.50 Å². The van der Waals surface area contributed by atoms with Crippen molar-refractivity contribution in [2.24, 2.45) is 11.7 Å². The lowest BCUT2D eigenvalue weighted by Crippen LogP contribution is -2.21. The molecule has 0 bridgehead atoms. The third-order valence-corrected chi connectivity index (χ3v) is 3.80. The van der Waals surface area contributed by atoms with Crippen molar-refractivity contribution >= 4 is 0 Å². The minimum absolute atomic E-state index is 0.00690. The topological polar surface area (TPSA) is 64.7 Å². The quantitative estimate of drug-likeness (QED) is 0.838. The molecule has 0 aromatic heterocycles. The molecule has 1 aliphatic rings. The minimum atomic E-state index is -0.283. The van der Waals surface area contributed by atoms with Gasteiger partial charge in [-0.1, -0.05) is 6.92 Å². The van der Waals surface area contributed by atoms with Gasteiger partial charge < -0.3 is 20.3 Å². The lowest BCUT2D eigenvalue weighted by Gasteiger charge is -2.24. The number of ether oxygens (including phenoxy) is 2. The average molecular weight is 283 g/mol. The lowest BCUT2D eigenvalue weighted by molar-refractivity contribution is 0.170. The van der Waals surface area contributed by atoms with Crippen molar-refractivity contribution in [3.63, 3.8) is 0 Å². The molecule has 5 heteroatoms. The Bertz CT molecular complexity index is 449. The summed E-state index contributed by atoms with van der Waals surface area (Å²) in [5.74, 6) is 0.790. The van der Waals surface area contributed by atoms with Gasteiger partial charge in [0.2, 0.25) is 0 Å². The van der Waals surface area contributed by atoms with E-state index in [0.717, 1.165) is 6.42 Å². The summed E-state index contributed by atoms with van der Waals surface area (Å²) in [6.45, 7) is 3.36. The first-order valence-electron chi connectivity index (χ1n) is 7.09. The van der Waals surface area contributed by atoms with Crippen molar-refractivity contribution in [1.82, 2.24) is 0 Å². The number of hydrogen-bond donors (Lipinski definition) is 2. The van der Waals surface area contributed by atoms with Gasteiger partial charge in [0.25, 0.3) is 0 Å². The highest BCUT2D eigenvalue weighted by Gasteiger charge is 2.22. The number of benzene rings is 1. The minimum Gasteiger partial charge on any atom is -0.486 e. The van der Waals surface area contributed by atoms with Crippen LogP contribution in [0.3, 0.4) is 0 Å². The van der Waals surface area contributed by atoms with E-state index in [1.54, 1.807) is 6.07 Å². The highest BCUT2D eigenvalue weighted by molar-refractivity contribution is 5.45. The second-order valence-electron chi connectivity index (χ2n) is 5.14. The first kappa shape index (κ1) is 15.1. The van der Waals surface area contributed by atoms with Crippen molar-refractivity contribution in [3.8, 4) is 11.5 Å². The monoisotopic (exact) mass is 283 g/mol. The van der Waals surface area contributed by atoms with Crippen LogP contribution >= 0.6 is 0 Å². The Morgan fingerprint density at radius 1 is 1.30 bits per heavy atom. The van der Waals surface area contributed by atoms with Gasteiger partial charge in [-0.15, -0.1) is 0 Å². The fourth-order valence-corrected chi connectivity index (χ4v) is 2.55. The molecule has 0 radical (unpaired) electrons. The normalized spacial score (nSPS) is 16.8. The maximum Gasteiger partial charge on any atom is 0.164 e. The van der Waals surface area contributed by atoms with Gasteiger partial charge in [0.1, 0.15) is 19.0 Å². The highest BCUT2D eigenvalue weighted by atomic mass is 19.1. The van der Waals surface area contributed by atoms with Crippen molar-refractivity contribution in [2.75, 3.05) is 26.4 Å². The van der Waals surface area contributed by atoms with E-state index in [1.807, 2.05) is 6.92 Å². The van der Waals surface area contributed by atoms with Crippen molar-refractivity contribution in [3.05, 3.63) is 23.5 Å². The Morgan fingerprint density at radius 3 is 2.50 bits per heavy atom. The van der Waals surface area contributed by atoms with Crippen LogP contribution in [0.5, 0.6) is 11.5 Å². The smallest absolute Gasteiger partial charge is 0.164 e. The molecule has 0 spiro atoms. The molecule has 3 N–H and O–H groups in total. The largest absolute Gasteiger partial charge is 0.486 e. The van der Waals surface area contributed by atoms with Crippen molar-refractivity contribution in [1.29, 1.82) is 0 Å². The van der Waals surface area contributed by atoms with Crippen LogP contribution in [0.25, 0.3) is 0 Å². The van der Waals surface area contributed by atoms with Crippen LogP contribution in [0.1, 0.15) is 31.2 Å². The standard InChI is InChI=1S/C15H22FNO3/c1-2-11(5-10(8-17)9-18)12-6-14-15(7-13(12)16)20-4-3-19-14/h6-7,10-11,18H,2-5,8-9,17H2,1H3. The summed E-state index contributed by atoms with van der Waals surface area (Å²) < 4.78 is 25.1. The van der Waals surface area contributed by atoms with E-state index in [2.05, 4.69) is 0 Å².